The molecule has 0 spiro atoms. The molecular formula is C20H24F2N4OS. The molecule has 0 saturated heterocycles. The summed E-state index contributed by atoms with van der Waals surface area (Å²) in [6.45, 7) is 4.78. The van der Waals surface area contributed by atoms with Crippen LogP contribution in [0.2, 0.25) is 0 Å². The Hall–Kier alpha value is -2.35. The van der Waals surface area contributed by atoms with Crippen molar-refractivity contribution in [2.75, 3.05) is 11.5 Å². The van der Waals surface area contributed by atoms with Crippen molar-refractivity contribution in [3.63, 3.8) is 0 Å². The standard InChI is InChI=1S/C20H24F2N4OS/c1-3-6-17-25-18-19(13(2)12-24-20(18)23)26(17)9-4-5-10-28(27)16-8-7-14(21)11-15(16)22/h7-8,11-12H,3-6,9-10H2,1-2H3,(H2,23,24). The number of nitrogens with two attached hydrogens (primary N) is 1. The van der Waals surface area contributed by atoms with Crippen LogP contribution in [-0.4, -0.2) is 24.5 Å². The van der Waals surface area contributed by atoms with Crippen molar-refractivity contribution in [2.45, 2.75) is 51.0 Å². The van der Waals surface area contributed by atoms with E-state index in [1.54, 1.807) is 6.20 Å². The van der Waals surface area contributed by atoms with Gasteiger partial charge in [-0.25, -0.2) is 18.7 Å². The summed E-state index contributed by atoms with van der Waals surface area (Å²) in [5.41, 5.74) is 8.72. The molecule has 3 aromatic rings. The molecule has 1 unspecified atom stereocenters. The van der Waals surface area contributed by atoms with Gasteiger partial charge in [-0.3, -0.25) is 4.21 Å². The minimum atomic E-state index is -1.49. The van der Waals surface area contributed by atoms with Gasteiger partial charge in [-0.1, -0.05) is 6.92 Å². The summed E-state index contributed by atoms with van der Waals surface area (Å²) in [4.78, 5) is 8.91. The number of hydrogen-bond donors (Lipinski definition) is 1. The van der Waals surface area contributed by atoms with Crippen LogP contribution in [0, 0.1) is 18.6 Å². The first-order valence-electron chi connectivity index (χ1n) is 9.36. The number of aryl methyl sites for hydroxylation is 3. The number of unbranched alkanes of at least 4 members (excludes halogenated alkanes) is 1. The zero-order valence-corrected chi connectivity index (χ0v) is 16.9. The summed E-state index contributed by atoms with van der Waals surface area (Å²) >= 11 is 0. The third kappa shape index (κ3) is 4.22. The SMILES string of the molecule is CCCc1nc2c(N)ncc(C)c2n1CCCCS(=O)c1ccc(F)cc1F. The van der Waals surface area contributed by atoms with E-state index < -0.39 is 22.4 Å². The molecule has 0 aliphatic carbocycles. The van der Waals surface area contributed by atoms with Gasteiger partial charge in [0.05, 0.1) is 21.2 Å². The average Bonchev–Trinajstić information content (AvgIpc) is 3.01. The molecule has 150 valence electrons. The lowest BCUT2D eigenvalue weighted by molar-refractivity contribution is 0.561. The smallest absolute Gasteiger partial charge is 0.151 e. The number of aromatic nitrogens is 3. The minimum Gasteiger partial charge on any atom is -0.382 e. The van der Waals surface area contributed by atoms with Gasteiger partial charge in [0.2, 0.25) is 0 Å². The second-order valence-corrected chi connectivity index (χ2v) is 8.32. The summed E-state index contributed by atoms with van der Waals surface area (Å²) in [6.07, 6.45) is 4.95. The van der Waals surface area contributed by atoms with Crippen molar-refractivity contribution in [3.05, 3.63) is 47.4 Å². The molecule has 1 atom stereocenters. The molecule has 0 bridgehead atoms. The van der Waals surface area contributed by atoms with Gasteiger partial charge in [0.15, 0.2) is 5.82 Å². The highest BCUT2D eigenvalue weighted by atomic mass is 32.2. The lowest BCUT2D eigenvalue weighted by Crippen LogP contribution is -2.07. The first kappa shape index (κ1) is 20.4. The number of anilines is 1. The van der Waals surface area contributed by atoms with Gasteiger partial charge >= 0.3 is 0 Å². The maximum absolute atomic E-state index is 13.8. The monoisotopic (exact) mass is 406 g/mol. The van der Waals surface area contributed by atoms with E-state index in [0.29, 0.717) is 24.5 Å². The number of imidazole rings is 1. The Morgan fingerprint density at radius 2 is 2.04 bits per heavy atom. The van der Waals surface area contributed by atoms with Gasteiger partial charge in [0, 0.05) is 31.0 Å². The Kier molecular flexibility index (Phi) is 6.39. The zero-order chi connectivity index (χ0) is 20.3. The number of hydrogen-bond acceptors (Lipinski definition) is 4. The lowest BCUT2D eigenvalue weighted by atomic mass is 10.2. The number of rotatable bonds is 8. The van der Waals surface area contributed by atoms with E-state index in [2.05, 4.69) is 21.5 Å². The lowest BCUT2D eigenvalue weighted by Gasteiger charge is -2.10. The number of fused-ring (bicyclic) bond motifs is 1. The molecular weight excluding hydrogens is 382 g/mol. The molecule has 0 aliphatic heterocycles. The molecule has 0 aliphatic rings. The summed E-state index contributed by atoms with van der Waals surface area (Å²) < 4.78 is 41.3. The van der Waals surface area contributed by atoms with Gasteiger partial charge in [-0.05, 0) is 43.9 Å². The maximum Gasteiger partial charge on any atom is 0.151 e. The topological polar surface area (TPSA) is 73.8 Å². The summed E-state index contributed by atoms with van der Waals surface area (Å²) in [5, 5.41) is 0. The average molecular weight is 407 g/mol. The van der Waals surface area contributed by atoms with Crippen LogP contribution in [-0.2, 0) is 23.8 Å². The van der Waals surface area contributed by atoms with E-state index in [1.807, 2.05) is 6.92 Å². The number of halogens is 2. The van der Waals surface area contributed by atoms with Crippen molar-refractivity contribution in [2.24, 2.45) is 0 Å². The minimum absolute atomic E-state index is 0.0517. The first-order valence-corrected chi connectivity index (χ1v) is 10.7. The highest BCUT2D eigenvalue weighted by molar-refractivity contribution is 7.85. The fourth-order valence-electron chi connectivity index (χ4n) is 3.29. The van der Waals surface area contributed by atoms with Crippen molar-refractivity contribution >= 4 is 27.7 Å². The highest BCUT2D eigenvalue weighted by Gasteiger charge is 2.16. The summed E-state index contributed by atoms with van der Waals surface area (Å²) in [7, 11) is -1.49. The van der Waals surface area contributed by atoms with Gasteiger partial charge in [-0.2, -0.15) is 0 Å². The van der Waals surface area contributed by atoms with Crippen LogP contribution >= 0.6 is 0 Å². The Morgan fingerprint density at radius 1 is 1.25 bits per heavy atom. The summed E-state index contributed by atoms with van der Waals surface area (Å²) in [5.74, 6) is 0.275. The van der Waals surface area contributed by atoms with Gasteiger partial charge in [0.25, 0.3) is 0 Å². The predicted molar refractivity (Wildman–Crippen MR) is 108 cm³/mol. The van der Waals surface area contributed by atoms with Crippen LogP contribution in [0.5, 0.6) is 0 Å². The van der Waals surface area contributed by atoms with Crippen LogP contribution in [0.1, 0.15) is 37.6 Å². The molecule has 2 aromatic heterocycles. The number of nitrogen functional groups attached to an aromatic ring is 1. The van der Waals surface area contributed by atoms with E-state index >= 15 is 0 Å². The molecule has 2 heterocycles. The maximum atomic E-state index is 13.8. The number of pyridine rings is 1. The Balaban J connectivity index is 1.70. The van der Waals surface area contributed by atoms with E-state index in [4.69, 9.17) is 5.73 Å². The Labute approximate surface area is 165 Å². The van der Waals surface area contributed by atoms with E-state index in [0.717, 1.165) is 53.8 Å². The number of benzene rings is 1. The third-order valence-electron chi connectivity index (χ3n) is 4.63. The highest BCUT2D eigenvalue weighted by Crippen LogP contribution is 2.25. The van der Waals surface area contributed by atoms with Crippen LogP contribution in [0.15, 0.2) is 29.3 Å². The molecule has 0 fully saturated rings. The van der Waals surface area contributed by atoms with Crippen LogP contribution < -0.4 is 5.73 Å². The number of nitrogens with zero attached hydrogens (tertiary/aromatic N) is 3. The summed E-state index contributed by atoms with van der Waals surface area (Å²) in [6, 6.07) is 3.15. The molecule has 5 nitrogen and oxygen atoms in total. The predicted octanol–water partition coefficient (Wildman–Crippen LogP) is 4.14. The van der Waals surface area contributed by atoms with Gasteiger partial charge in [0.1, 0.15) is 23.0 Å². The zero-order valence-electron chi connectivity index (χ0n) is 16.0. The molecule has 0 amide bonds. The quantitative estimate of drug-likeness (QED) is 0.571. The molecule has 28 heavy (non-hydrogen) atoms. The molecule has 3 rings (SSSR count). The van der Waals surface area contributed by atoms with Crippen molar-refractivity contribution in [1.82, 2.24) is 14.5 Å². The second-order valence-electron chi connectivity index (χ2n) is 6.78. The van der Waals surface area contributed by atoms with Crippen LogP contribution in [0.4, 0.5) is 14.6 Å². The van der Waals surface area contributed by atoms with Crippen LogP contribution in [0.3, 0.4) is 0 Å². The molecule has 0 saturated carbocycles. The van der Waals surface area contributed by atoms with Gasteiger partial charge in [-0.15, -0.1) is 0 Å². The fraction of sp³-hybridized carbons (Fsp3) is 0.400. The normalized spacial score (nSPS) is 12.6. The van der Waals surface area contributed by atoms with Crippen molar-refractivity contribution < 1.29 is 13.0 Å². The fourth-order valence-corrected chi connectivity index (χ4v) is 4.48. The molecule has 8 heteroatoms. The van der Waals surface area contributed by atoms with Crippen molar-refractivity contribution in [1.29, 1.82) is 0 Å². The second kappa shape index (κ2) is 8.77. The molecule has 1 aromatic carbocycles. The third-order valence-corrected chi connectivity index (χ3v) is 6.12. The van der Waals surface area contributed by atoms with E-state index in [9.17, 15) is 13.0 Å². The van der Waals surface area contributed by atoms with E-state index in [1.165, 1.54) is 6.07 Å². The molecule has 0 radical (unpaired) electrons. The molecule has 2 N–H and O–H groups in total. The Bertz CT molecular complexity index is 1020. The van der Waals surface area contributed by atoms with Crippen LogP contribution in [0.25, 0.3) is 11.0 Å². The van der Waals surface area contributed by atoms with E-state index in [-0.39, 0.29) is 4.90 Å². The van der Waals surface area contributed by atoms with Gasteiger partial charge < -0.3 is 10.3 Å². The Morgan fingerprint density at radius 3 is 2.75 bits per heavy atom. The van der Waals surface area contributed by atoms with Crippen molar-refractivity contribution in [3.8, 4) is 0 Å². The first-order chi connectivity index (χ1) is 13.4. The largest absolute Gasteiger partial charge is 0.382 e.